The molecule has 1 atom stereocenters. The van der Waals surface area contributed by atoms with Crippen LogP contribution in [0.5, 0.6) is 0 Å². The van der Waals surface area contributed by atoms with Crippen molar-refractivity contribution in [1.29, 1.82) is 0 Å². The van der Waals surface area contributed by atoms with Crippen molar-refractivity contribution < 1.29 is 13.6 Å². The van der Waals surface area contributed by atoms with Gasteiger partial charge in [-0.1, -0.05) is 17.7 Å². The molecule has 1 aliphatic rings. The topological polar surface area (TPSA) is 42.0 Å². The molecule has 21 heavy (non-hydrogen) atoms. The van der Waals surface area contributed by atoms with E-state index in [-0.39, 0.29) is 23.2 Å². The Morgan fingerprint density at radius 3 is 2.76 bits per heavy atom. The Kier molecular flexibility index (Phi) is 2.99. The van der Waals surface area contributed by atoms with Crippen molar-refractivity contribution in [2.75, 3.05) is 5.32 Å². The second-order valence-electron chi connectivity index (χ2n) is 5.03. The van der Waals surface area contributed by atoms with Crippen LogP contribution in [0.15, 0.2) is 36.5 Å². The maximum Gasteiger partial charge on any atom is 0.265 e. The third kappa shape index (κ3) is 1.84. The van der Waals surface area contributed by atoms with Gasteiger partial charge in [0, 0.05) is 35.0 Å². The molecule has 1 aromatic carbocycles. The Balaban J connectivity index is 2.42. The number of carbonyl (C=O) groups excluding carboxylic acids is 1. The van der Waals surface area contributed by atoms with E-state index in [0.29, 0.717) is 10.7 Å². The highest BCUT2D eigenvalue weighted by Crippen LogP contribution is 2.52. The Morgan fingerprint density at radius 2 is 2.10 bits per heavy atom. The van der Waals surface area contributed by atoms with Gasteiger partial charge in [0.25, 0.3) is 5.92 Å². The monoisotopic (exact) mass is 308 g/mol. The van der Waals surface area contributed by atoms with Crippen LogP contribution in [-0.4, -0.2) is 17.2 Å². The molecule has 1 aromatic heterocycles. The van der Waals surface area contributed by atoms with Crippen molar-refractivity contribution in [3.8, 4) is 0 Å². The van der Waals surface area contributed by atoms with E-state index in [4.69, 9.17) is 11.6 Å². The zero-order valence-corrected chi connectivity index (χ0v) is 11.8. The Bertz CT molecular complexity index is 730. The van der Waals surface area contributed by atoms with E-state index in [1.807, 2.05) is 0 Å². The summed E-state index contributed by atoms with van der Waals surface area (Å²) < 4.78 is 28.8. The van der Waals surface area contributed by atoms with E-state index < -0.39 is 11.3 Å². The molecule has 2 heterocycles. The van der Waals surface area contributed by atoms with Crippen LogP contribution in [-0.2, 0) is 10.2 Å². The molecule has 0 fully saturated rings. The summed E-state index contributed by atoms with van der Waals surface area (Å²) in [6.45, 7) is 0.730. The van der Waals surface area contributed by atoms with Gasteiger partial charge < -0.3 is 10.1 Å². The number of rotatable bonds is 2. The van der Waals surface area contributed by atoms with Crippen molar-refractivity contribution in [1.82, 2.24) is 4.98 Å². The molecule has 1 unspecified atom stereocenters. The van der Waals surface area contributed by atoms with Crippen LogP contribution in [0.25, 0.3) is 0 Å². The van der Waals surface area contributed by atoms with Crippen molar-refractivity contribution in [2.24, 2.45) is 0 Å². The van der Waals surface area contributed by atoms with E-state index in [2.05, 4.69) is 10.3 Å². The van der Waals surface area contributed by atoms with Crippen LogP contribution in [0.2, 0.25) is 5.02 Å². The molecule has 1 aliphatic heterocycles. The number of fused-ring (bicyclic) bond motifs is 2. The molecule has 108 valence electrons. The second kappa shape index (κ2) is 4.49. The molecule has 0 saturated heterocycles. The van der Waals surface area contributed by atoms with Crippen molar-refractivity contribution in [2.45, 2.75) is 18.3 Å². The van der Waals surface area contributed by atoms with Gasteiger partial charge in [-0.2, -0.15) is 0 Å². The lowest BCUT2D eigenvalue weighted by Crippen LogP contribution is -2.48. The van der Waals surface area contributed by atoms with Gasteiger partial charge in [-0.05, 0) is 24.3 Å². The second-order valence-corrected chi connectivity index (χ2v) is 5.47. The summed E-state index contributed by atoms with van der Waals surface area (Å²) in [4.78, 5) is 15.8. The summed E-state index contributed by atoms with van der Waals surface area (Å²) in [5, 5.41) is 3.26. The fourth-order valence-corrected chi connectivity index (χ4v) is 2.92. The number of aromatic nitrogens is 1. The van der Waals surface area contributed by atoms with Gasteiger partial charge in [0.1, 0.15) is 17.5 Å². The zero-order valence-electron chi connectivity index (χ0n) is 11.0. The quantitative estimate of drug-likeness (QED) is 0.855. The minimum absolute atomic E-state index is 0.141. The summed E-state index contributed by atoms with van der Waals surface area (Å²) in [5.41, 5.74) is -1.42. The summed E-state index contributed by atoms with van der Waals surface area (Å²) in [6, 6.07) is 7.54. The summed E-state index contributed by atoms with van der Waals surface area (Å²) in [5.74, 6) is -3.06. The predicted octanol–water partition coefficient (Wildman–Crippen LogP) is 3.93. The molecule has 0 bridgehead atoms. The number of hydrogen-bond acceptors (Lipinski definition) is 3. The van der Waals surface area contributed by atoms with Gasteiger partial charge >= 0.3 is 0 Å². The smallest absolute Gasteiger partial charge is 0.265 e. The van der Waals surface area contributed by atoms with Crippen LogP contribution in [0, 0.1) is 0 Å². The van der Waals surface area contributed by atoms with Crippen LogP contribution in [0.3, 0.4) is 0 Å². The third-order valence-electron chi connectivity index (χ3n) is 3.76. The molecular weight excluding hydrogens is 298 g/mol. The predicted molar refractivity (Wildman–Crippen MR) is 76.4 cm³/mol. The number of anilines is 2. The fraction of sp³-hybridized carbons (Fsp3) is 0.200. The number of alkyl halides is 2. The third-order valence-corrected chi connectivity index (χ3v) is 4.00. The number of benzene rings is 1. The lowest BCUT2D eigenvalue weighted by atomic mass is 9.69. The van der Waals surface area contributed by atoms with Crippen LogP contribution >= 0.6 is 11.6 Å². The number of hydrogen-bond donors (Lipinski definition) is 1. The molecular formula is C15H11ClF2N2O. The number of halogens is 3. The SMILES string of the molecule is CC(F)(F)C1(C=O)c2cc(Cl)ccc2Nc2ncccc21. The molecule has 2 aromatic rings. The Labute approximate surface area is 125 Å². The first kappa shape index (κ1) is 13.9. The van der Waals surface area contributed by atoms with Crippen molar-refractivity contribution in [3.63, 3.8) is 0 Å². The van der Waals surface area contributed by atoms with Gasteiger partial charge in [0.15, 0.2) is 0 Å². The lowest BCUT2D eigenvalue weighted by Gasteiger charge is -2.40. The lowest BCUT2D eigenvalue weighted by molar-refractivity contribution is -0.123. The highest BCUT2D eigenvalue weighted by Gasteiger charge is 2.57. The van der Waals surface area contributed by atoms with E-state index in [1.54, 1.807) is 12.1 Å². The fourth-order valence-electron chi connectivity index (χ4n) is 2.75. The normalized spacial score (nSPS) is 20.2. The average Bonchev–Trinajstić information content (AvgIpc) is 2.43. The molecule has 6 heteroatoms. The Morgan fingerprint density at radius 1 is 1.33 bits per heavy atom. The minimum Gasteiger partial charge on any atom is -0.340 e. The summed E-state index contributed by atoms with van der Waals surface area (Å²) in [7, 11) is 0. The highest BCUT2D eigenvalue weighted by atomic mass is 35.5. The number of nitrogens with zero attached hydrogens (tertiary/aromatic N) is 1. The van der Waals surface area contributed by atoms with Gasteiger partial charge in [0.05, 0.1) is 0 Å². The first-order chi connectivity index (χ1) is 9.90. The van der Waals surface area contributed by atoms with Crippen molar-refractivity contribution >= 4 is 29.4 Å². The van der Waals surface area contributed by atoms with Crippen LogP contribution in [0.4, 0.5) is 20.3 Å². The molecule has 3 rings (SSSR count). The van der Waals surface area contributed by atoms with Gasteiger partial charge in [0.2, 0.25) is 0 Å². The molecule has 0 amide bonds. The molecule has 0 radical (unpaired) electrons. The standard InChI is InChI=1S/C15H11ClF2N2O/c1-14(17,18)15(8-21)10-3-2-6-19-13(10)20-12-5-4-9(16)7-11(12)15/h2-8H,1H3,(H,19,20). The minimum atomic E-state index is -3.31. The highest BCUT2D eigenvalue weighted by molar-refractivity contribution is 6.30. The first-order valence-electron chi connectivity index (χ1n) is 6.27. The maximum atomic E-state index is 14.4. The number of nitrogens with one attached hydrogen (secondary N) is 1. The largest absolute Gasteiger partial charge is 0.340 e. The summed E-state index contributed by atoms with van der Waals surface area (Å²) in [6.07, 6.45) is 1.76. The number of pyridine rings is 1. The molecule has 1 N–H and O–H groups in total. The van der Waals surface area contributed by atoms with Crippen molar-refractivity contribution in [3.05, 3.63) is 52.7 Å². The number of aldehydes is 1. The zero-order chi connectivity index (χ0) is 15.3. The van der Waals surface area contributed by atoms with E-state index in [0.717, 1.165) is 6.92 Å². The molecule has 0 aliphatic carbocycles. The van der Waals surface area contributed by atoms with Gasteiger partial charge in [-0.3, -0.25) is 0 Å². The van der Waals surface area contributed by atoms with Gasteiger partial charge in [-0.15, -0.1) is 0 Å². The van der Waals surface area contributed by atoms with E-state index in [1.165, 1.54) is 24.4 Å². The van der Waals surface area contributed by atoms with E-state index >= 15 is 0 Å². The molecule has 0 spiro atoms. The number of carbonyl (C=O) groups is 1. The average molecular weight is 309 g/mol. The van der Waals surface area contributed by atoms with Gasteiger partial charge in [-0.25, -0.2) is 13.8 Å². The first-order valence-corrected chi connectivity index (χ1v) is 6.64. The molecule has 3 nitrogen and oxygen atoms in total. The Hall–Kier alpha value is -2.01. The van der Waals surface area contributed by atoms with Crippen LogP contribution in [0.1, 0.15) is 18.1 Å². The molecule has 0 saturated carbocycles. The maximum absolute atomic E-state index is 14.4. The van der Waals surface area contributed by atoms with E-state index in [9.17, 15) is 13.6 Å². The van der Waals surface area contributed by atoms with Crippen LogP contribution < -0.4 is 5.32 Å². The summed E-state index contributed by atoms with van der Waals surface area (Å²) >= 11 is 5.93.